The number of aliphatic hydroxyl groups is 1. The second-order valence-electron chi connectivity index (χ2n) is 6.84. The molecule has 2 atom stereocenters. The molecule has 4 nitrogen and oxygen atoms in total. The molecule has 146 valence electrons. The standard InChI is InChI=1S/C21H25F2NO3/c22-17-9-8-16(21(23)11-17)12-24(14-20-7-4-10-26-20)13-18(25)15-27-19-5-2-1-3-6-19/h1-3,5-6,8-9,11,18,20,25H,4,7,10,12-15H2. The van der Waals surface area contributed by atoms with E-state index in [0.29, 0.717) is 24.4 Å². The Kier molecular flexibility index (Phi) is 7.15. The van der Waals surface area contributed by atoms with Gasteiger partial charge in [-0.15, -0.1) is 0 Å². The summed E-state index contributed by atoms with van der Waals surface area (Å²) in [6.07, 6.45) is 1.27. The van der Waals surface area contributed by atoms with Crippen molar-refractivity contribution in [3.05, 3.63) is 65.7 Å². The monoisotopic (exact) mass is 377 g/mol. The molecule has 2 unspecified atom stereocenters. The van der Waals surface area contributed by atoms with Crippen LogP contribution >= 0.6 is 0 Å². The maximum absolute atomic E-state index is 14.0. The fourth-order valence-electron chi connectivity index (χ4n) is 3.23. The first kappa shape index (κ1) is 19.7. The van der Waals surface area contributed by atoms with Crippen LogP contribution in [0.3, 0.4) is 0 Å². The molecule has 0 saturated carbocycles. The van der Waals surface area contributed by atoms with E-state index in [9.17, 15) is 13.9 Å². The van der Waals surface area contributed by atoms with Gasteiger partial charge in [0.2, 0.25) is 0 Å². The molecule has 1 aliphatic heterocycles. The first-order valence-corrected chi connectivity index (χ1v) is 9.24. The number of nitrogens with zero attached hydrogens (tertiary/aromatic N) is 1. The topological polar surface area (TPSA) is 41.9 Å². The molecular formula is C21H25F2NO3. The maximum atomic E-state index is 14.0. The minimum absolute atomic E-state index is 0.0655. The Labute approximate surface area is 158 Å². The lowest BCUT2D eigenvalue weighted by Gasteiger charge is -2.27. The highest BCUT2D eigenvalue weighted by molar-refractivity contribution is 5.21. The second kappa shape index (κ2) is 9.78. The van der Waals surface area contributed by atoms with Crippen LogP contribution in [0.5, 0.6) is 5.75 Å². The fourth-order valence-corrected chi connectivity index (χ4v) is 3.23. The van der Waals surface area contributed by atoms with E-state index in [1.807, 2.05) is 35.2 Å². The van der Waals surface area contributed by atoms with Crippen LogP contribution in [0.4, 0.5) is 8.78 Å². The molecule has 0 aromatic heterocycles. The van der Waals surface area contributed by atoms with E-state index < -0.39 is 17.7 Å². The smallest absolute Gasteiger partial charge is 0.130 e. The molecular weight excluding hydrogens is 352 g/mol. The van der Waals surface area contributed by atoms with E-state index in [-0.39, 0.29) is 19.3 Å². The summed E-state index contributed by atoms with van der Waals surface area (Å²) in [7, 11) is 0. The first-order chi connectivity index (χ1) is 13.1. The number of benzene rings is 2. The predicted molar refractivity (Wildman–Crippen MR) is 98.6 cm³/mol. The molecule has 2 aromatic carbocycles. The Morgan fingerprint density at radius 3 is 2.70 bits per heavy atom. The summed E-state index contributed by atoms with van der Waals surface area (Å²) in [4.78, 5) is 1.94. The molecule has 0 bridgehead atoms. The van der Waals surface area contributed by atoms with Gasteiger partial charge < -0.3 is 14.6 Å². The number of aliphatic hydroxyl groups excluding tert-OH is 1. The SMILES string of the molecule is OC(COc1ccccc1)CN(Cc1ccc(F)cc1F)CC1CCCO1. The molecule has 0 spiro atoms. The molecule has 3 rings (SSSR count). The van der Waals surface area contributed by atoms with Crippen LogP contribution in [0, 0.1) is 11.6 Å². The Hall–Kier alpha value is -2.02. The third-order valence-electron chi connectivity index (χ3n) is 4.55. The normalized spacial score (nSPS) is 18.0. The molecule has 0 amide bonds. The summed E-state index contributed by atoms with van der Waals surface area (Å²) in [6.45, 7) is 2.03. The van der Waals surface area contributed by atoms with Crippen LogP contribution < -0.4 is 4.74 Å². The lowest BCUT2D eigenvalue weighted by molar-refractivity contribution is 0.0309. The number of halogens is 2. The molecule has 6 heteroatoms. The Balaban J connectivity index is 1.59. The van der Waals surface area contributed by atoms with E-state index in [1.54, 1.807) is 0 Å². The zero-order chi connectivity index (χ0) is 19.1. The van der Waals surface area contributed by atoms with Crippen LogP contribution in [0.1, 0.15) is 18.4 Å². The van der Waals surface area contributed by atoms with Gasteiger partial charge in [-0.05, 0) is 31.0 Å². The second-order valence-corrected chi connectivity index (χ2v) is 6.84. The van der Waals surface area contributed by atoms with Crippen molar-refractivity contribution in [2.45, 2.75) is 31.6 Å². The molecule has 0 radical (unpaired) electrons. The molecule has 1 aliphatic rings. The highest BCUT2D eigenvalue weighted by atomic mass is 19.1. The van der Waals surface area contributed by atoms with E-state index in [0.717, 1.165) is 25.5 Å². The van der Waals surface area contributed by atoms with Crippen LogP contribution in [-0.2, 0) is 11.3 Å². The summed E-state index contributed by atoms with van der Waals surface area (Å²) in [5, 5.41) is 10.4. The summed E-state index contributed by atoms with van der Waals surface area (Å²) < 4.78 is 38.5. The largest absolute Gasteiger partial charge is 0.491 e. The van der Waals surface area contributed by atoms with Gasteiger partial charge in [-0.25, -0.2) is 8.78 Å². The highest BCUT2D eigenvalue weighted by Gasteiger charge is 2.22. The lowest BCUT2D eigenvalue weighted by Crippen LogP contribution is -2.39. The molecule has 1 saturated heterocycles. The average molecular weight is 377 g/mol. The number of hydrogen-bond acceptors (Lipinski definition) is 4. The van der Waals surface area contributed by atoms with E-state index in [2.05, 4.69) is 0 Å². The Bertz CT molecular complexity index is 708. The van der Waals surface area contributed by atoms with Gasteiger partial charge in [0.05, 0.1) is 6.10 Å². The third kappa shape index (κ3) is 6.27. The van der Waals surface area contributed by atoms with Crippen molar-refractivity contribution in [1.82, 2.24) is 4.90 Å². The minimum Gasteiger partial charge on any atom is -0.491 e. The summed E-state index contributed by atoms with van der Waals surface area (Å²) in [6, 6.07) is 12.8. The van der Waals surface area contributed by atoms with Gasteiger partial charge >= 0.3 is 0 Å². The van der Waals surface area contributed by atoms with Crippen LogP contribution in [0.25, 0.3) is 0 Å². The van der Waals surface area contributed by atoms with Crippen molar-refractivity contribution in [1.29, 1.82) is 0 Å². The van der Waals surface area contributed by atoms with E-state index >= 15 is 0 Å². The van der Waals surface area contributed by atoms with Crippen molar-refractivity contribution in [2.24, 2.45) is 0 Å². The number of hydrogen-bond donors (Lipinski definition) is 1. The van der Waals surface area contributed by atoms with E-state index in [4.69, 9.17) is 9.47 Å². The van der Waals surface area contributed by atoms with Gasteiger partial charge in [0.1, 0.15) is 30.1 Å². The van der Waals surface area contributed by atoms with Crippen molar-refractivity contribution in [3.8, 4) is 5.75 Å². The average Bonchev–Trinajstić information content (AvgIpc) is 3.16. The van der Waals surface area contributed by atoms with Crippen molar-refractivity contribution in [2.75, 3.05) is 26.3 Å². The number of rotatable bonds is 9. The Morgan fingerprint density at radius 1 is 1.19 bits per heavy atom. The third-order valence-corrected chi connectivity index (χ3v) is 4.55. The Morgan fingerprint density at radius 2 is 2.00 bits per heavy atom. The summed E-state index contributed by atoms with van der Waals surface area (Å²) in [5.41, 5.74) is 0.394. The quantitative estimate of drug-likeness (QED) is 0.727. The summed E-state index contributed by atoms with van der Waals surface area (Å²) in [5.74, 6) is -0.493. The minimum atomic E-state index is -0.741. The maximum Gasteiger partial charge on any atom is 0.130 e. The molecule has 27 heavy (non-hydrogen) atoms. The van der Waals surface area contributed by atoms with Gasteiger partial charge in [0.25, 0.3) is 0 Å². The molecule has 1 N–H and O–H groups in total. The molecule has 1 heterocycles. The first-order valence-electron chi connectivity index (χ1n) is 9.24. The van der Waals surface area contributed by atoms with Crippen molar-refractivity contribution < 1.29 is 23.4 Å². The van der Waals surface area contributed by atoms with Gasteiger partial charge in [-0.2, -0.15) is 0 Å². The van der Waals surface area contributed by atoms with Crippen LogP contribution in [0.15, 0.2) is 48.5 Å². The predicted octanol–water partition coefficient (Wildman–Crippen LogP) is 3.39. The lowest BCUT2D eigenvalue weighted by atomic mass is 10.1. The zero-order valence-corrected chi connectivity index (χ0v) is 15.2. The summed E-state index contributed by atoms with van der Waals surface area (Å²) >= 11 is 0. The van der Waals surface area contributed by atoms with Gasteiger partial charge in [-0.1, -0.05) is 24.3 Å². The van der Waals surface area contributed by atoms with E-state index in [1.165, 1.54) is 12.1 Å². The fraction of sp³-hybridized carbons (Fsp3) is 0.429. The van der Waals surface area contributed by atoms with Gasteiger partial charge in [-0.3, -0.25) is 4.90 Å². The van der Waals surface area contributed by atoms with Crippen molar-refractivity contribution in [3.63, 3.8) is 0 Å². The van der Waals surface area contributed by atoms with Crippen LogP contribution in [0.2, 0.25) is 0 Å². The zero-order valence-electron chi connectivity index (χ0n) is 15.2. The number of para-hydroxylation sites is 1. The molecule has 0 aliphatic carbocycles. The molecule has 2 aromatic rings. The highest BCUT2D eigenvalue weighted by Crippen LogP contribution is 2.18. The number of ether oxygens (including phenoxy) is 2. The van der Waals surface area contributed by atoms with Gasteiger partial charge in [0.15, 0.2) is 0 Å². The van der Waals surface area contributed by atoms with Gasteiger partial charge in [0, 0.05) is 37.9 Å². The molecule has 1 fully saturated rings. The van der Waals surface area contributed by atoms with Crippen LogP contribution in [-0.4, -0.2) is 48.5 Å². The van der Waals surface area contributed by atoms with Crippen molar-refractivity contribution >= 4 is 0 Å².